The molecule has 1 saturated heterocycles. The summed E-state index contributed by atoms with van der Waals surface area (Å²) in [5, 5.41) is 6.23. The Morgan fingerprint density at radius 1 is 1.03 bits per heavy atom. The van der Waals surface area contributed by atoms with Crippen LogP contribution >= 0.6 is 0 Å². The minimum atomic E-state index is -0.00468. The van der Waals surface area contributed by atoms with Crippen LogP contribution in [0.15, 0.2) is 65.3 Å². The third-order valence-corrected chi connectivity index (χ3v) is 5.82. The largest absolute Gasteiger partial charge is 0.484 e. The predicted molar refractivity (Wildman–Crippen MR) is 125 cm³/mol. The van der Waals surface area contributed by atoms with Crippen molar-refractivity contribution in [3.8, 4) is 17.1 Å². The fourth-order valence-electron chi connectivity index (χ4n) is 3.90. The van der Waals surface area contributed by atoms with Crippen LogP contribution in [0.3, 0.4) is 0 Å². The molecule has 2 aromatic heterocycles. The molecule has 0 N–H and O–H groups in total. The number of carbonyl (C=O) groups excluding carboxylic acids is 1. The molecule has 0 aliphatic carbocycles. The van der Waals surface area contributed by atoms with Crippen LogP contribution in [0.5, 0.6) is 5.75 Å². The first kappa shape index (κ1) is 20.9. The Hall–Kier alpha value is -3.94. The van der Waals surface area contributed by atoms with Crippen LogP contribution in [0.1, 0.15) is 12.8 Å². The molecule has 1 fully saturated rings. The van der Waals surface area contributed by atoms with Gasteiger partial charge in [0.15, 0.2) is 6.61 Å². The summed E-state index contributed by atoms with van der Waals surface area (Å²) in [6.07, 6.45) is 2.46. The van der Waals surface area contributed by atoms with E-state index in [1.54, 1.807) is 6.20 Å². The van der Waals surface area contributed by atoms with Crippen LogP contribution in [0, 0.1) is 0 Å². The van der Waals surface area contributed by atoms with Gasteiger partial charge in [0.05, 0.1) is 0 Å². The minimum Gasteiger partial charge on any atom is -0.484 e. The molecule has 0 radical (unpaired) electrons. The molecule has 1 aliphatic rings. The van der Waals surface area contributed by atoms with Crippen LogP contribution < -0.4 is 9.64 Å². The number of ether oxygens (including phenoxy) is 1. The summed E-state index contributed by atoms with van der Waals surface area (Å²) >= 11 is 0. The van der Waals surface area contributed by atoms with Gasteiger partial charge in [-0.05, 0) is 35.0 Å². The molecule has 1 amide bonds. The number of pyridine rings is 1. The van der Waals surface area contributed by atoms with E-state index >= 15 is 0 Å². The highest BCUT2D eigenvalue weighted by Gasteiger charge is 2.22. The number of fused-ring (bicyclic) bond motifs is 1. The molecular formula is C25H25N5O3. The standard InChI is InChI=1S/C25H25N5O3/c1-2-23-27-25(28-33-23)20-8-10-22(26-16-20)29-11-13-30(14-12-29)24(31)17-32-21-9-7-18-5-3-4-6-19(18)15-21/h3-10,15-16H,2,11-14,17H2,1H3. The fraction of sp³-hybridized carbons (Fsp3) is 0.280. The first-order chi connectivity index (χ1) is 16.2. The van der Waals surface area contributed by atoms with E-state index in [2.05, 4.69) is 26.1 Å². The fourth-order valence-corrected chi connectivity index (χ4v) is 3.90. The number of piperazine rings is 1. The Morgan fingerprint density at radius 3 is 2.58 bits per heavy atom. The van der Waals surface area contributed by atoms with Crippen molar-refractivity contribution < 1.29 is 14.1 Å². The van der Waals surface area contributed by atoms with Gasteiger partial charge >= 0.3 is 0 Å². The van der Waals surface area contributed by atoms with Crippen LogP contribution in [-0.4, -0.2) is 58.7 Å². The van der Waals surface area contributed by atoms with E-state index in [-0.39, 0.29) is 12.5 Å². The lowest BCUT2D eigenvalue weighted by Crippen LogP contribution is -2.50. The molecule has 3 heterocycles. The second kappa shape index (κ2) is 9.28. The molecule has 2 aromatic carbocycles. The molecule has 0 spiro atoms. The van der Waals surface area contributed by atoms with Gasteiger partial charge in [-0.3, -0.25) is 4.79 Å². The smallest absolute Gasteiger partial charge is 0.260 e. The zero-order chi connectivity index (χ0) is 22.6. The van der Waals surface area contributed by atoms with Gasteiger partial charge in [0.1, 0.15) is 11.6 Å². The van der Waals surface area contributed by atoms with Crippen molar-refractivity contribution in [2.75, 3.05) is 37.7 Å². The van der Waals surface area contributed by atoms with Gasteiger partial charge in [0, 0.05) is 44.4 Å². The number of amides is 1. The first-order valence-electron chi connectivity index (χ1n) is 11.1. The first-order valence-corrected chi connectivity index (χ1v) is 11.1. The van der Waals surface area contributed by atoms with Crippen molar-refractivity contribution in [3.05, 3.63) is 66.7 Å². The Labute approximate surface area is 191 Å². The van der Waals surface area contributed by atoms with Crippen molar-refractivity contribution in [3.63, 3.8) is 0 Å². The van der Waals surface area contributed by atoms with Gasteiger partial charge in [-0.15, -0.1) is 0 Å². The topological polar surface area (TPSA) is 84.6 Å². The van der Waals surface area contributed by atoms with Crippen LogP contribution in [0.2, 0.25) is 0 Å². The van der Waals surface area contributed by atoms with E-state index in [1.165, 1.54) is 0 Å². The number of rotatable bonds is 6. The molecular weight excluding hydrogens is 418 g/mol. The Kier molecular flexibility index (Phi) is 5.89. The van der Waals surface area contributed by atoms with Crippen LogP contribution in [0.4, 0.5) is 5.82 Å². The zero-order valence-corrected chi connectivity index (χ0v) is 18.5. The Balaban J connectivity index is 1.13. The lowest BCUT2D eigenvalue weighted by Gasteiger charge is -2.35. The summed E-state index contributed by atoms with van der Waals surface area (Å²) in [6.45, 7) is 4.71. The van der Waals surface area contributed by atoms with E-state index in [9.17, 15) is 4.79 Å². The average molecular weight is 444 g/mol. The summed E-state index contributed by atoms with van der Waals surface area (Å²) < 4.78 is 10.9. The highest BCUT2D eigenvalue weighted by molar-refractivity contribution is 5.84. The molecule has 0 saturated carbocycles. The number of nitrogens with zero attached hydrogens (tertiary/aromatic N) is 5. The molecule has 8 heteroatoms. The Bertz CT molecular complexity index is 1250. The third-order valence-electron chi connectivity index (χ3n) is 5.82. The zero-order valence-electron chi connectivity index (χ0n) is 18.5. The lowest BCUT2D eigenvalue weighted by atomic mass is 10.1. The summed E-state index contributed by atoms with van der Waals surface area (Å²) in [4.78, 5) is 25.6. The molecule has 0 unspecified atom stereocenters. The van der Waals surface area contributed by atoms with Crippen molar-refractivity contribution in [2.24, 2.45) is 0 Å². The van der Waals surface area contributed by atoms with Gasteiger partial charge < -0.3 is 19.1 Å². The monoisotopic (exact) mass is 443 g/mol. The molecule has 0 atom stereocenters. The van der Waals surface area contributed by atoms with Crippen molar-refractivity contribution in [1.82, 2.24) is 20.0 Å². The minimum absolute atomic E-state index is 0.00468. The van der Waals surface area contributed by atoms with E-state index in [1.807, 2.05) is 60.4 Å². The number of hydrogen-bond acceptors (Lipinski definition) is 7. The summed E-state index contributed by atoms with van der Waals surface area (Å²) in [7, 11) is 0. The van der Waals surface area contributed by atoms with E-state index in [0.29, 0.717) is 37.0 Å². The number of carbonyl (C=O) groups is 1. The molecule has 33 heavy (non-hydrogen) atoms. The Morgan fingerprint density at radius 2 is 1.85 bits per heavy atom. The van der Waals surface area contributed by atoms with E-state index in [4.69, 9.17) is 9.26 Å². The van der Waals surface area contributed by atoms with E-state index < -0.39 is 0 Å². The molecule has 168 valence electrons. The highest BCUT2D eigenvalue weighted by Crippen LogP contribution is 2.22. The van der Waals surface area contributed by atoms with Crippen LogP contribution in [0.25, 0.3) is 22.2 Å². The van der Waals surface area contributed by atoms with Crippen LogP contribution in [-0.2, 0) is 11.2 Å². The molecule has 0 bridgehead atoms. The van der Waals surface area contributed by atoms with Gasteiger partial charge in [-0.25, -0.2) is 4.98 Å². The summed E-state index contributed by atoms with van der Waals surface area (Å²) in [5.41, 5.74) is 0.821. The van der Waals surface area contributed by atoms with Gasteiger partial charge in [-0.1, -0.05) is 42.4 Å². The second-order valence-electron chi connectivity index (χ2n) is 7.94. The number of hydrogen-bond donors (Lipinski definition) is 0. The maximum atomic E-state index is 12.7. The maximum absolute atomic E-state index is 12.7. The normalized spacial score (nSPS) is 14.0. The number of aryl methyl sites for hydroxylation is 1. The lowest BCUT2D eigenvalue weighted by molar-refractivity contribution is -0.133. The molecule has 5 rings (SSSR count). The molecule has 4 aromatic rings. The predicted octanol–water partition coefficient (Wildman–Crippen LogP) is 3.57. The van der Waals surface area contributed by atoms with Gasteiger partial charge in [0.25, 0.3) is 5.91 Å². The maximum Gasteiger partial charge on any atom is 0.260 e. The summed E-state index contributed by atoms with van der Waals surface area (Å²) in [5.74, 6) is 2.73. The summed E-state index contributed by atoms with van der Waals surface area (Å²) in [6, 6.07) is 17.9. The number of anilines is 1. The average Bonchev–Trinajstić information content (AvgIpc) is 3.37. The second-order valence-corrected chi connectivity index (χ2v) is 7.94. The van der Waals surface area contributed by atoms with Crippen molar-refractivity contribution in [2.45, 2.75) is 13.3 Å². The number of aromatic nitrogens is 3. The van der Waals surface area contributed by atoms with Gasteiger partial charge in [0.2, 0.25) is 11.7 Å². The molecule has 8 nitrogen and oxygen atoms in total. The van der Waals surface area contributed by atoms with Crippen molar-refractivity contribution >= 4 is 22.5 Å². The van der Waals surface area contributed by atoms with Crippen molar-refractivity contribution in [1.29, 1.82) is 0 Å². The quantitative estimate of drug-likeness (QED) is 0.450. The third kappa shape index (κ3) is 4.64. The van der Waals surface area contributed by atoms with Gasteiger partial charge in [-0.2, -0.15) is 4.98 Å². The van der Waals surface area contributed by atoms with E-state index in [0.717, 1.165) is 35.2 Å². The molecule has 1 aliphatic heterocycles. The SMILES string of the molecule is CCc1nc(-c2ccc(N3CCN(C(=O)COc4ccc5ccccc5c4)CC3)nc2)no1. The number of benzene rings is 2. The highest BCUT2D eigenvalue weighted by atomic mass is 16.5.